The van der Waals surface area contributed by atoms with Crippen LogP contribution in [0.15, 0.2) is 0 Å². The van der Waals surface area contributed by atoms with E-state index in [1.165, 1.54) is 19.3 Å². The van der Waals surface area contributed by atoms with Crippen LogP contribution in [0.4, 0.5) is 0 Å². The van der Waals surface area contributed by atoms with Crippen molar-refractivity contribution in [1.29, 1.82) is 0 Å². The molecular formula is C11H21N. The third-order valence-electron chi connectivity index (χ3n) is 4.98. The molecule has 5 atom stereocenters. The number of rotatable bonds is 0. The summed E-state index contributed by atoms with van der Waals surface area (Å²) in [6.45, 7) is 7.19. The molecule has 0 aliphatic heterocycles. The number of nitrogens with two attached hydrogens (primary N) is 1. The predicted molar refractivity (Wildman–Crippen MR) is 51.8 cm³/mol. The Hall–Kier alpha value is -0.0400. The van der Waals surface area contributed by atoms with Crippen molar-refractivity contribution in [2.24, 2.45) is 28.9 Å². The van der Waals surface area contributed by atoms with Crippen LogP contribution in [0.5, 0.6) is 0 Å². The van der Waals surface area contributed by atoms with E-state index in [-0.39, 0.29) is 0 Å². The van der Waals surface area contributed by atoms with Gasteiger partial charge in [-0.25, -0.2) is 0 Å². The third-order valence-corrected chi connectivity index (χ3v) is 4.98. The molecule has 2 rings (SSSR count). The van der Waals surface area contributed by atoms with Gasteiger partial charge in [0.15, 0.2) is 0 Å². The molecule has 2 bridgehead atoms. The molecule has 12 heavy (non-hydrogen) atoms. The zero-order chi connectivity index (χ0) is 8.93. The Bertz CT molecular complexity index is 181. The third kappa shape index (κ3) is 0.834. The maximum absolute atomic E-state index is 6.30. The van der Waals surface area contributed by atoms with Gasteiger partial charge in [-0.05, 0) is 36.0 Å². The van der Waals surface area contributed by atoms with Crippen molar-refractivity contribution in [1.82, 2.24) is 0 Å². The van der Waals surface area contributed by atoms with Gasteiger partial charge in [0.2, 0.25) is 0 Å². The molecule has 0 saturated heterocycles. The molecule has 70 valence electrons. The van der Waals surface area contributed by atoms with Gasteiger partial charge in [0.1, 0.15) is 0 Å². The van der Waals surface area contributed by atoms with E-state index in [9.17, 15) is 0 Å². The van der Waals surface area contributed by atoms with Gasteiger partial charge in [-0.1, -0.05) is 27.2 Å². The smallest absolute Gasteiger partial charge is 0.0127 e. The average molecular weight is 167 g/mol. The summed E-state index contributed by atoms with van der Waals surface area (Å²) in [7, 11) is 0. The van der Waals surface area contributed by atoms with Crippen LogP contribution in [0.25, 0.3) is 0 Å². The molecular weight excluding hydrogens is 146 g/mol. The Morgan fingerprint density at radius 3 is 2.50 bits per heavy atom. The largest absolute Gasteiger partial charge is 0.327 e. The van der Waals surface area contributed by atoms with Crippen LogP contribution < -0.4 is 5.73 Å². The van der Waals surface area contributed by atoms with Crippen molar-refractivity contribution in [3.05, 3.63) is 0 Å². The van der Waals surface area contributed by atoms with Gasteiger partial charge in [-0.15, -0.1) is 0 Å². The molecule has 1 heteroatoms. The molecule has 0 heterocycles. The summed E-state index contributed by atoms with van der Waals surface area (Å²) in [4.78, 5) is 0. The van der Waals surface area contributed by atoms with E-state index in [2.05, 4.69) is 20.8 Å². The minimum Gasteiger partial charge on any atom is -0.327 e. The molecule has 2 N–H and O–H groups in total. The Morgan fingerprint density at radius 1 is 1.33 bits per heavy atom. The molecule has 0 amide bonds. The van der Waals surface area contributed by atoms with Crippen LogP contribution in [0.3, 0.4) is 0 Å². The minimum absolute atomic E-state index is 0.461. The van der Waals surface area contributed by atoms with Crippen LogP contribution in [0, 0.1) is 23.2 Å². The van der Waals surface area contributed by atoms with Crippen LogP contribution in [0.1, 0.15) is 40.0 Å². The Balaban J connectivity index is 2.33. The fourth-order valence-electron chi connectivity index (χ4n) is 3.65. The maximum atomic E-state index is 6.30. The average Bonchev–Trinajstić information content (AvgIpc) is 2.20. The van der Waals surface area contributed by atoms with Crippen LogP contribution in [-0.2, 0) is 0 Å². The summed E-state index contributed by atoms with van der Waals surface area (Å²) in [5.74, 6) is 2.51. The van der Waals surface area contributed by atoms with E-state index in [4.69, 9.17) is 5.73 Å². The second-order valence-corrected chi connectivity index (χ2v) is 5.24. The fraction of sp³-hybridized carbons (Fsp3) is 1.00. The molecule has 2 aliphatic rings. The first-order chi connectivity index (χ1) is 5.57. The molecule has 3 unspecified atom stereocenters. The summed E-state index contributed by atoms with van der Waals surface area (Å²) >= 11 is 0. The second-order valence-electron chi connectivity index (χ2n) is 5.24. The fourth-order valence-corrected chi connectivity index (χ4v) is 3.65. The number of hydrogen-bond acceptors (Lipinski definition) is 1. The van der Waals surface area contributed by atoms with Gasteiger partial charge >= 0.3 is 0 Å². The van der Waals surface area contributed by atoms with Crippen molar-refractivity contribution < 1.29 is 0 Å². The van der Waals surface area contributed by atoms with Gasteiger partial charge in [0.25, 0.3) is 0 Å². The van der Waals surface area contributed by atoms with Gasteiger partial charge < -0.3 is 5.73 Å². The highest BCUT2D eigenvalue weighted by Crippen LogP contribution is 2.56. The predicted octanol–water partition coefficient (Wildman–Crippen LogP) is 2.41. The number of hydrogen-bond donors (Lipinski definition) is 1. The van der Waals surface area contributed by atoms with Crippen molar-refractivity contribution in [3.8, 4) is 0 Å². The van der Waals surface area contributed by atoms with E-state index < -0.39 is 0 Å². The van der Waals surface area contributed by atoms with Gasteiger partial charge in [-0.2, -0.15) is 0 Å². The Morgan fingerprint density at radius 2 is 2.00 bits per heavy atom. The summed E-state index contributed by atoms with van der Waals surface area (Å²) in [5.41, 5.74) is 6.76. The van der Waals surface area contributed by atoms with Crippen molar-refractivity contribution in [2.45, 2.75) is 46.1 Å². The topological polar surface area (TPSA) is 26.0 Å². The standard InChI is InChI=1S/C11H21N/c1-7-8(2)11(3)6-4-5-9(7)10(11)12/h7-10H,4-6,12H2,1-3H3/t7-,8+,9?,10?,11?/m1/s1. The van der Waals surface area contributed by atoms with E-state index in [1.54, 1.807) is 0 Å². The molecule has 0 radical (unpaired) electrons. The zero-order valence-electron chi connectivity index (χ0n) is 8.51. The maximum Gasteiger partial charge on any atom is 0.0127 e. The normalized spacial score (nSPS) is 59.0. The summed E-state index contributed by atoms with van der Waals surface area (Å²) < 4.78 is 0. The molecule has 1 nitrogen and oxygen atoms in total. The van der Waals surface area contributed by atoms with E-state index in [0.717, 1.165) is 17.8 Å². The first-order valence-electron chi connectivity index (χ1n) is 5.33. The quantitative estimate of drug-likeness (QED) is 0.589. The van der Waals surface area contributed by atoms with E-state index in [1.807, 2.05) is 0 Å². The van der Waals surface area contributed by atoms with Gasteiger partial charge in [0, 0.05) is 6.04 Å². The highest BCUT2D eigenvalue weighted by molar-refractivity contribution is 5.06. The molecule has 2 aliphatic carbocycles. The minimum atomic E-state index is 0.461. The SMILES string of the molecule is C[C@H]1C2CCCC(C)(C2N)[C@H]1C. The van der Waals surface area contributed by atoms with Gasteiger partial charge in [0.05, 0.1) is 0 Å². The lowest BCUT2D eigenvalue weighted by Crippen LogP contribution is -2.43. The van der Waals surface area contributed by atoms with Crippen molar-refractivity contribution >= 4 is 0 Å². The molecule has 0 spiro atoms. The molecule has 0 aromatic rings. The highest BCUT2D eigenvalue weighted by Gasteiger charge is 2.53. The lowest BCUT2D eigenvalue weighted by atomic mass is 9.70. The Labute approximate surface area is 75.7 Å². The first-order valence-corrected chi connectivity index (χ1v) is 5.33. The monoisotopic (exact) mass is 167 g/mol. The summed E-state index contributed by atoms with van der Waals surface area (Å²) in [5, 5.41) is 0. The lowest BCUT2D eigenvalue weighted by Gasteiger charge is -2.38. The molecule has 2 fully saturated rings. The van der Waals surface area contributed by atoms with Crippen molar-refractivity contribution in [3.63, 3.8) is 0 Å². The van der Waals surface area contributed by atoms with Gasteiger partial charge in [-0.3, -0.25) is 0 Å². The van der Waals surface area contributed by atoms with Crippen LogP contribution in [0.2, 0.25) is 0 Å². The zero-order valence-corrected chi connectivity index (χ0v) is 8.51. The summed E-state index contributed by atoms with van der Waals surface area (Å²) in [6, 6.07) is 0.483. The lowest BCUT2D eigenvalue weighted by molar-refractivity contribution is 0.155. The highest BCUT2D eigenvalue weighted by atomic mass is 14.8. The van der Waals surface area contributed by atoms with Crippen LogP contribution in [-0.4, -0.2) is 6.04 Å². The molecule has 2 saturated carbocycles. The molecule has 0 aromatic heterocycles. The van der Waals surface area contributed by atoms with Crippen molar-refractivity contribution in [2.75, 3.05) is 0 Å². The summed E-state index contributed by atoms with van der Waals surface area (Å²) in [6.07, 6.45) is 4.14. The van der Waals surface area contributed by atoms with E-state index in [0.29, 0.717) is 11.5 Å². The van der Waals surface area contributed by atoms with E-state index >= 15 is 0 Å². The molecule has 0 aromatic carbocycles. The van der Waals surface area contributed by atoms with Crippen LogP contribution >= 0.6 is 0 Å². The first kappa shape index (κ1) is 8.55. The second kappa shape index (κ2) is 2.47. The number of fused-ring (bicyclic) bond motifs is 2. The Kier molecular flexibility index (Phi) is 1.76.